The van der Waals surface area contributed by atoms with E-state index >= 15 is 0 Å². The molecule has 1 aromatic heterocycles. The maximum atomic E-state index is 12.8. The molecule has 0 saturated carbocycles. The number of amides is 1. The Hall–Kier alpha value is -1.20. The van der Waals surface area contributed by atoms with Gasteiger partial charge in [0.1, 0.15) is 17.3 Å². The Kier molecular flexibility index (Phi) is 5.02. The highest BCUT2D eigenvalue weighted by molar-refractivity contribution is 6.29. The van der Waals surface area contributed by atoms with Gasteiger partial charge in [-0.2, -0.15) is 0 Å². The van der Waals surface area contributed by atoms with Gasteiger partial charge in [0.2, 0.25) is 5.91 Å². The third-order valence-corrected chi connectivity index (χ3v) is 4.78. The molecule has 2 heterocycles. The smallest absolute Gasteiger partial charge is 0.242 e. The van der Waals surface area contributed by atoms with Crippen LogP contribution in [0, 0.1) is 11.3 Å². The standard InChI is InChI=1S/C17H27ClN4O/c1-16(2,3)11-7-12(22(9-11)17(4,5)6)15(23)21-14-8-13(18)19-10-20-14/h8,10-12H,7,9H2,1-6H3,(H,19,20,21,23)/t11?,12-/m0/s1. The van der Waals surface area contributed by atoms with Crippen LogP contribution in [0.2, 0.25) is 5.15 Å². The van der Waals surface area contributed by atoms with E-state index in [1.807, 2.05) is 0 Å². The number of hydrogen-bond acceptors (Lipinski definition) is 4. The third-order valence-electron chi connectivity index (χ3n) is 4.58. The first-order valence-corrected chi connectivity index (χ1v) is 8.41. The van der Waals surface area contributed by atoms with Crippen molar-refractivity contribution in [2.45, 2.75) is 59.5 Å². The molecule has 0 radical (unpaired) electrons. The fourth-order valence-corrected chi connectivity index (χ4v) is 3.21. The summed E-state index contributed by atoms with van der Waals surface area (Å²) in [6.45, 7) is 14.1. The summed E-state index contributed by atoms with van der Waals surface area (Å²) >= 11 is 5.86. The van der Waals surface area contributed by atoms with Crippen LogP contribution < -0.4 is 5.32 Å². The van der Waals surface area contributed by atoms with Crippen molar-refractivity contribution in [3.05, 3.63) is 17.5 Å². The molecule has 23 heavy (non-hydrogen) atoms. The molecule has 1 fully saturated rings. The number of rotatable bonds is 2. The molecule has 0 aliphatic carbocycles. The van der Waals surface area contributed by atoms with E-state index in [1.54, 1.807) is 6.07 Å². The normalized spacial score (nSPS) is 23.1. The summed E-state index contributed by atoms with van der Waals surface area (Å²) in [5.74, 6) is 0.899. The Morgan fingerprint density at radius 3 is 2.43 bits per heavy atom. The quantitative estimate of drug-likeness (QED) is 0.837. The number of nitrogens with one attached hydrogen (secondary N) is 1. The monoisotopic (exact) mass is 338 g/mol. The van der Waals surface area contributed by atoms with E-state index < -0.39 is 0 Å². The first kappa shape index (κ1) is 18.1. The van der Waals surface area contributed by atoms with E-state index in [1.165, 1.54) is 6.33 Å². The lowest BCUT2D eigenvalue weighted by atomic mass is 9.79. The summed E-state index contributed by atoms with van der Waals surface area (Å²) in [5.41, 5.74) is 0.113. The minimum absolute atomic E-state index is 0.0264. The summed E-state index contributed by atoms with van der Waals surface area (Å²) in [7, 11) is 0. The number of halogens is 1. The molecule has 6 heteroatoms. The first-order valence-electron chi connectivity index (χ1n) is 8.03. The molecule has 5 nitrogen and oxygen atoms in total. The van der Waals surface area contributed by atoms with Gasteiger partial charge in [-0.05, 0) is 38.5 Å². The maximum absolute atomic E-state index is 12.8. The molecule has 1 aromatic rings. The Balaban J connectivity index is 2.19. The topological polar surface area (TPSA) is 58.1 Å². The second-order valence-electron chi connectivity index (χ2n) is 8.35. The Bertz CT molecular complexity index is 577. The van der Waals surface area contributed by atoms with Crippen LogP contribution in [0.15, 0.2) is 12.4 Å². The largest absolute Gasteiger partial charge is 0.309 e. The Labute approximate surface area is 143 Å². The summed E-state index contributed by atoms with van der Waals surface area (Å²) in [6, 6.07) is 1.41. The molecule has 1 amide bonds. The first-order chi connectivity index (χ1) is 10.5. The maximum Gasteiger partial charge on any atom is 0.242 e. The number of carbonyl (C=O) groups is 1. The van der Waals surface area contributed by atoms with E-state index in [-0.39, 0.29) is 22.9 Å². The van der Waals surface area contributed by atoms with Crippen molar-refractivity contribution in [3.8, 4) is 0 Å². The van der Waals surface area contributed by atoms with Crippen LogP contribution in [0.4, 0.5) is 5.82 Å². The lowest BCUT2D eigenvalue weighted by molar-refractivity contribution is -0.122. The van der Waals surface area contributed by atoms with Gasteiger partial charge >= 0.3 is 0 Å². The van der Waals surface area contributed by atoms with Crippen LogP contribution in [0.5, 0.6) is 0 Å². The predicted octanol–water partition coefficient (Wildman–Crippen LogP) is 3.60. The molecule has 128 valence electrons. The van der Waals surface area contributed by atoms with Crippen LogP contribution in [0.1, 0.15) is 48.0 Å². The highest BCUT2D eigenvalue weighted by atomic mass is 35.5. The van der Waals surface area contributed by atoms with Gasteiger partial charge in [-0.1, -0.05) is 32.4 Å². The van der Waals surface area contributed by atoms with Crippen molar-refractivity contribution >= 4 is 23.3 Å². The molecule has 2 atom stereocenters. The van der Waals surface area contributed by atoms with E-state index in [2.05, 4.69) is 61.7 Å². The van der Waals surface area contributed by atoms with Crippen molar-refractivity contribution in [1.82, 2.24) is 14.9 Å². The summed E-state index contributed by atoms with van der Waals surface area (Å²) < 4.78 is 0. The van der Waals surface area contributed by atoms with Crippen molar-refractivity contribution in [1.29, 1.82) is 0 Å². The molecular weight excluding hydrogens is 312 g/mol. The molecule has 1 unspecified atom stereocenters. The van der Waals surface area contributed by atoms with Crippen LogP contribution in [0.25, 0.3) is 0 Å². The van der Waals surface area contributed by atoms with Gasteiger partial charge < -0.3 is 5.32 Å². The minimum Gasteiger partial charge on any atom is -0.309 e. The van der Waals surface area contributed by atoms with Crippen molar-refractivity contribution in [2.75, 3.05) is 11.9 Å². The molecule has 1 aliphatic rings. The summed E-state index contributed by atoms with van der Waals surface area (Å²) in [4.78, 5) is 23.0. The number of carbonyl (C=O) groups excluding carboxylic acids is 1. The van der Waals surface area contributed by atoms with Gasteiger partial charge in [0.05, 0.1) is 6.04 Å². The van der Waals surface area contributed by atoms with E-state index in [0.29, 0.717) is 16.9 Å². The molecule has 1 aliphatic heterocycles. The second kappa shape index (κ2) is 6.36. The highest BCUT2D eigenvalue weighted by Crippen LogP contribution is 2.40. The zero-order chi connectivity index (χ0) is 17.4. The molecule has 1 N–H and O–H groups in total. The van der Waals surface area contributed by atoms with Crippen molar-refractivity contribution in [3.63, 3.8) is 0 Å². The highest BCUT2D eigenvalue weighted by Gasteiger charge is 2.45. The van der Waals surface area contributed by atoms with E-state index in [4.69, 9.17) is 11.6 Å². The fraction of sp³-hybridized carbons (Fsp3) is 0.706. The number of aromatic nitrogens is 2. The lowest BCUT2D eigenvalue weighted by Gasteiger charge is -2.36. The third kappa shape index (κ3) is 4.42. The van der Waals surface area contributed by atoms with Gasteiger partial charge in [-0.15, -0.1) is 0 Å². The van der Waals surface area contributed by atoms with Crippen molar-refractivity contribution < 1.29 is 4.79 Å². The zero-order valence-electron chi connectivity index (χ0n) is 14.9. The molecule has 0 bridgehead atoms. The molecule has 2 rings (SSSR count). The summed E-state index contributed by atoms with van der Waals surface area (Å²) in [5, 5.41) is 3.20. The van der Waals surface area contributed by atoms with Crippen LogP contribution in [-0.2, 0) is 4.79 Å². The van der Waals surface area contributed by atoms with Crippen LogP contribution >= 0.6 is 11.6 Å². The average molecular weight is 339 g/mol. The molecular formula is C17H27ClN4O. The van der Waals surface area contributed by atoms with E-state index in [9.17, 15) is 4.79 Å². The fourth-order valence-electron chi connectivity index (χ4n) is 3.06. The van der Waals surface area contributed by atoms with Gasteiger partial charge in [0.15, 0.2) is 0 Å². The van der Waals surface area contributed by atoms with Crippen LogP contribution in [-0.4, -0.2) is 38.9 Å². The van der Waals surface area contributed by atoms with Gasteiger partial charge in [-0.3, -0.25) is 9.69 Å². The summed E-state index contributed by atoms with van der Waals surface area (Å²) in [6.07, 6.45) is 2.21. The van der Waals surface area contributed by atoms with Crippen LogP contribution in [0.3, 0.4) is 0 Å². The molecule has 0 aromatic carbocycles. The molecule has 1 saturated heterocycles. The SMILES string of the molecule is CC(C)(C)C1C[C@@H](C(=O)Nc2cc(Cl)ncn2)N(C(C)(C)C)C1. The minimum atomic E-state index is -0.159. The van der Waals surface area contributed by atoms with Gasteiger partial charge in [-0.25, -0.2) is 9.97 Å². The number of hydrogen-bond donors (Lipinski definition) is 1. The lowest BCUT2D eigenvalue weighted by Crippen LogP contribution is -2.49. The number of anilines is 1. The average Bonchev–Trinajstić information content (AvgIpc) is 2.83. The number of nitrogens with zero attached hydrogens (tertiary/aromatic N) is 3. The van der Waals surface area contributed by atoms with E-state index in [0.717, 1.165) is 13.0 Å². The zero-order valence-corrected chi connectivity index (χ0v) is 15.6. The van der Waals surface area contributed by atoms with Crippen molar-refractivity contribution in [2.24, 2.45) is 11.3 Å². The van der Waals surface area contributed by atoms with Gasteiger partial charge in [0.25, 0.3) is 0 Å². The predicted molar refractivity (Wildman–Crippen MR) is 93.5 cm³/mol. The van der Waals surface area contributed by atoms with Gasteiger partial charge in [0, 0.05) is 18.2 Å². The second-order valence-corrected chi connectivity index (χ2v) is 8.74. The molecule has 0 spiro atoms. The Morgan fingerprint density at radius 2 is 1.91 bits per heavy atom. The Morgan fingerprint density at radius 1 is 1.26 bits per heavy atom. The number of likely N-dealkylation sites (tertiary alicyclic amines) is 1.